The molecule has 86 valence electrons. The number of halogens is 2. The number of ketones is 1. The minimum absolute atomic E-state index is 0.00509. The maximum atomic E-state index is 13.6. The van der Waals surface area contributed by atoms with Gasteiger partial charge in [0.05, 0.1) is 5.56 Å². The van der Waals surface area contributed by atoms with Crippen molar-refractivity contribution in [3.8, 4) is 0 Å². The fourth-order valence-corrected chi connectivity index (χ4v) is 1.68. The number of aromatic nitrogens is 1. The highest BCUT2D eigenvalue weighted by atomic mass is 35.5. The van der Waals surface area contributed by atoms with Crippen LogP contribution in [0, 0.1) is 12.7 Å². The van der Waals surface area contributed by atoms with E-state index in [9.17, 15) is 9.18 Å². The summed E-state index contributed by atoms with van der Waals surface area (Å²) in [6.07, 6.45) is 3.02. The molecular formula is C13H9ClFNO. The van der Waals surface area contributed by atoms with Gasteiger partial charge in [-0.15, -0.1) is 0 Å². The molecule has 0 spiro atoms. The average Bonchev–Trinajstić information content (AvgIpc) is 2.29. The maximum absolute atomic E-state index is 13.6. The van der Waals surface area contributed by atoms with Crippen LogP contribution >= 0.6 is 11.6 Å². The highest BCUT2D eigenvalue weighted by molar-refractivity contribution is 6.30. The molecule has 2 aromatic rings. The molecule has 0 unspecified atom stereocenters. The van der Waals surface area contributed by atoms with Crippen molar-refractivity contribution in [2.75, 3.05) is 0 Å². The van der Waals surface area contributed by atoms with E-state index < -0.39 is 5.82 Å². The lowest BCUT2D eigenvalue weighted by molar-refractivity contribution is 0.103. The number of hydrogen-bond acceptors (Lipinski definition) is 2. The molecule has 0 saturated carbocycles. The summed E-state index contributed by atoms with van der Waals surface area (Å²) < 4.78 is 13.6. The van der Waals surface area contributed by atoms with Gasteiger partial charge in [-0.3, -0.25) is 9.78 Å². The van der Waals surface area contributed by atoms with E-state index in [-0.39, 0.29) is 16.4 Å². The van der Waals surface area contributed by atoms with Gasteiger partial charge in [0.2, 0.25) is 0 Å². The quantitative estimate of drug-likeness (QED) is 0.764. The van der Waals surface area contributed by atoms with Gasteiger partial charge in [0, 0.05) is 23.0 Å². The van der Waals surface area contributed by atoms with Crippen LogP contribution in [0.15, 0.2) is 36.7 Å². The molecule has 1 heterocycles. The first kappa shape index (κ1) is 11.7. The van der Waals surface area contributed by atoms with E-state index in [2.05, 4.69) is 4.98 Å². The molecule has 2 rings (SSSR count). The molecule has 0 aliphatic rings. The summed E-state index contributed by atoms with van der Waals surface area (Å²) in [4.78, 5) is 15.9. The number of nitrogens with zero attached hydrogens (tertiary/aromatic N) is 1. The number of carbonyl (C=O) groups is 1. The molecule has 4 heteroatoms. The molecule has 0 N–H and O–H groups in total. The van der Waals surface area contributed by atoms with Crippen molar-refractivity contribution in [3.05, 3.63) is 64.2 Å². The molecule has 0 amide bonds. The Morgan fingerprint density at radius 2 is 2.06 bits per heavy atom. The van der Waals surface area contributed by atoms with Crippen molar-refractivity contribution < 1.29 is 9.18 Å². The molecule has 0 aliphatic heterocycles. The Hall–Kier alpha value is -1.74. The van der Waals surface area contributed by atoms with E-state index in [1.54, 1.807) is 19.2 Å². The lowest BCUT2D eigenvalue weighted by Gasteiger charge is -2.05. The Morgan fingerprint density at radius 1 is 1.29 bits per heavy atom. The van der Waals surface area contributed by atoms with E-state index in [0.29, 0.717) is 5.56 Å². The second kappa shape index (κ2) is 4.63. The van der Waals surface area contributed by atoms with E-state index in [0.717, 1.165) is 11.6 Å². The highest BCUT2D eigenvalue weighted by Crippen LogP contribution is 2.19. The van der Waals surface area contributed by atoms with Crippen molar-refractivity contribution >= 4 is 17.4 Å². The molecule has 0 saturated heterocycles. The Balaban J connectivity index is 2.48. The zero-order chi connectivity index (χ0) is 12.4. The zero-order valence-electron chi connectivity index (χ0n) is 9.08. The van der Waals surface area contributed by atoms with E-state index >= 15 is 0 Å². The van der Waals surface area contributed by atoms with Crippen LogP contribution in [-0.4, -0.2) is 10.8 Å². The molecular weight excluding hydrogens is 241 g/mol. The largest absolute Gasteiger partial charge is 0.288 e. The maximum Gasteiger partial charge on any atom is 0.197 e. The molecule has 1 aromatic heterocycles. The van der Waals surface area contributed by atoms with Crippen molar-refractivity contribution in [1.82, 2.24) is 4.98 Å². The minimum atomic E-state index is -0.620. The summed E-state index contributed by atoms with van der Waals surface area (Å²) in [5.74, 6) is -1.00. The topological polar surface area (TPSA) is 30.0 Å². The molecule has 0 radical (unpaired) electrons. The number of pyridine rings is 1. The zero-order valence-corrected chi connectivity index (χ0v) is 9.83. The molecule has 17 heavy (non-hydrogen) atoms. The third-order valence-electron chi connectivity index (χ3n) is 2.46. The molecule has 2 nitrogen and oxygen atoms in total. The smallest absolute Gasteiger partial charge is 0.197 e. The van der Waals surface area contributed by atoms with Gasteiger partial charge in [0.25, 0.3) is 0 Å². The number of rotatable bonds is 2. The molecule has 1 aromatic carbocycles. The Labute approximate surface area is 103 Å². The van der Waals surface area contributed by atoms with Crippen molar-refractivity contribution in [2.45, 2.75) is 6.92 Å². The van der Waals surface area contributed by atoms with Gasteiger partial charge in [-0.2, -0.15) is 0 Å². The first-order valence-corrected chi connectivity index (χ1v) is 5.38. The van der Waals surface area contributed by atoms with Crippen LogP contribution < -0.4 is 0 Å². The highest BCUT2D eigenvalue weighted by Gasteiger charge is 2.16. The Kier molecular flexibility index (Phi) is 3.20. The summed E-state index contributed by atoms with van der Waals surface area (Å²) >= 11 is 5.64. The van der Waals surface area contributed by atoms with Gasteiger partial charge in [-0.05, 0) is 36.8 Å². The van der Waals surface area contributed by atoms with Crippen LogP contribution in [-0.2, 0) is 0 Å². The first-order chi connectivity index (χ1) is 8.09. The van der Waals surface area contributed by atoms with Gasteiger partial charge < -0.3 is 0 Å². The molecule has 0 fully saturated rings. The summed E-state index contributed by atoms with van der Waals surface area (Å²) in [7, 11) is 0. The van der Waals surface area contributed by atoms with Gasteiger partial charge in [0.15, 0.2) is 5.78 Å². The van der Waals surface area contributed by atoms with Crippen molar-refractivity contribution in [3.63, 3.8) is 0 Å². The average molecular weight is 250 g/mol. The van der Waals surface area contributed by atoms with Crippen molar-refractivity contribution in [2.24, 2.45) is 0 Å². The fourth-order valence-electron chi connectivity index (χ4n) is 1.52. The minimum Gasteiger partial charge on any atom is -0.288 e. The fraction of sp³-hybridized carbons (Fsp3) is 0.0769. The van der Waals surface area contributed by atoms with Crippen LogP contribution in [0.2, 0.25) is 5.02 Å². The Morgan fingerprint density at radius 3 is 2.71 bits per heavy atom. The number of benzene rings is 1. The second-order valence-corrected chi connectivity index (χ2v) is 4.08. The van der Waals surface area contributed by atoms with Crippen LogP contribution in [0.25, 0.3) is 0 Å². The third kappa shape index (κ3) is 2.34. The lowest BCUT2D eigenvalue weighted by atomic mass is 10.0. The van der Waals surface area contributed by atoms with E-state index in [4.69, 9.17) is 11.6 Å². The number of aryl methyl sites for hydroxylation is 1. The summed E-state index contributed by atoms with van der Waals surface area (Å²) in [6, 6.07) is 5.71. The standard InChI is InChI=1S/C13H9ClFNO/c1-8-4-5-16-7-11(8)13(17)10-3-2-9(14)6-12(10)15/h2-7H,1H3. The number of carbonyl (C=O) groups excluding carboxylic acids is 1. The van der Waals surface area contributed by atoms with Gasteiger partial charge in [0.1, 0.15) is 5.82 Å². The van der Waals surface area contributed by atoms with Crippen molar-refractivity contribution in [1.29, 1.82) is 0 Å². The summed E-state index contributed by atoms with van der Waals surface area (Å²) in [5.41, 5.74) is 1.17. The van der Waals surface area contributed by atoms with Gasteiger partial charge in [-0.25, -0.2) is 4.39 Å². The monoisotopic (exact) mass is 249 g/mol. The SMILES string of the molecule is Cc1ccncc1C(=O)c1ccc(Cl)cc1F. The predicted octanol–water partition coefficient (Wildman–Crippen LogP) is 3.41. The van der Waals surface area contributed by atoms with Gasteiger partial charge in [-0.1, -0.05) is 11.6 Å². The molecule has 0 bridgehead atoms. The van der Waals surface area contributed by atoms with Crippen LogP contribution in [0.3, 0.4) is 0 Å². The summed E-state index contributed by atoms with van der Waals surface area (Å²) in [6.45, 7) is 1.78. The third-order valence-corrected chi connectivity index (χ3v) is 2.69. The van der Waals surface area contributed by atoms with E-state index in [1.165, 1.54) is 18.3 Å². The van der Waals surface area contributed by atoms with Crippen LogP contribution in [0.1, 0.15) is 21.5 Å². The summed E-state index contributed by atoms with van der Waals surface area (Å²) in [5, 5.41) is 0.266. The van der Waals surface area contributed by atoms with Gasteiger partial charge >= 0.3 is 0 Å². The first-order valence-electron chi connectivity index (χ1n) is 5.00. The molecule has 0 atom stereocenters. The van der Waals surface area contributed by atoms with Crippen LogP contribution in [0.5, 0.6) is 0 Å². The number of hydrogen-bond donors (Lipinski definition) is 0. The second-order valence-electron chi connectivity index (χ2n) is 3.64. The lowest BCUT2D eigenvalue weighted by Crippen LogP contribution is -2.06. The van der Waals surface area contributed by atoms with E-state index in [1.807, 2.05) is 0 Å². The predicted molar refractivity (Wildman–Crippen MR) is 63.8 cm³/mol. The Bertz CT molecular complexity index is 583. The molecule has 0 aliphatic carbocycles. The van der Waals surface area contributed by atoms with Crippen LogP contribution in [0.4, 0.5) is 4.39 Å². The normalized spacial score (nSPS) is 10.3.